The van der Waals surface area contributed by atoms with Crippen LogP contribution in [0.5, 0.6) is 0 Å². The molecule has 0 bridgehead atoms. The molecule has 2 aliphatic rings. The van der Waals surface area contributed by atoms with Crippen LogP contribution in [0.15, 0.2) is 0 Å². The number of hydrogen-bond donors (Lipinski definition) is 0. The standard InChI is InChI=1S/C13H24Cl2Si/c1-16(14,15)10-4-6-12-9-8-11-5-2-3-7-13(11)12/h11-13H,2-10H2,1H3. The van der Waals surface area contributed by atoms with Gasteiger partial charge in [0.1, 0.15) is 0 Å². The van der Waals surface area contributed by atoms with E-state index in [1.54, 1.807) is 0 Å². The Hall–Kier alpha value is 0.797. The molecule has 0 aromatic rings. The molecule has 0 amide bonds. The van der Waals surface area contributed by atoms with Crippen LogP contribution in [0.4, 0.5) is 0 Å². The molecule has 0 aromatic carbocycles. The van der Waals surface area contributed by atoms with Crippen molar-refractivity contribution in [3.63, 3.8) is 0 Å². The maximum Gasteiger partial charge on any atom is 0.248 e. The van der Waals surface area contributed by atoms with Crippen molar-refractivity contribution >= 4 is 28.9 Å². The van der Waals surface area contributed by atoms with E-state index in [9.17, 15) is 0 Å². The highest BCUT2D eigenvalue weighted by atomic mass is 35.7. The molecule has 3 atom stereocenters. The molecule has 0 N–H and O–H groups in total. The number of fused-ring (bicyclic) bond motifs is 1. The van der Waals surface area contributed by atoms with E-state index in [-0.39, 0.29) is 0 Å². The van der Waals surface area contributed by atoms with Crippen LogP contribution in [0.3, 0.4) is 0 Å². The lowest BCUT2D eigenvalue weighted by Crippen LogP contribution is -2.20. The van der Waals surface area contributed by atoms with Gasteiger partial charge in [-0.05, 0) is 49.6 Å². The van der Waals surface area contributed by atoms with E-state index in [0.717, 1.165) is 23.8 Å². The summed E-state index contributed by atoms with van der Waals surface area (Å²) in [5.41, 5.74) is 0. The fourth-order valence-electron chi connectivity index (χ4n) is 3.89. The first-order valence-corrected chi connectivity index (χ1v) is 11.7. The Morgan fingerprint density at radius 1 is 1.06 bits per heavy atom. The van der Waals surface area contributed by atoms with Gasteiger partial charge in [-0.3, -0.25) is 0 Å². The molecule has 94 valence electrons. The third kappa shape index (κ3) is 3.65. The van der Waals surface area contributed by atoms with Crippen LogP contribution in [0.2, 0.25) is 12.6 Å². The van der Waals surface area contributed by atoms with Gasteiger partial charge in [-0.2, -0.15) is 0 Å². The smallest absolute Gasteiger partial charge is 0.146 e. The number of hydrogen-bond acceptors (Lipinski definition) is 0. The van der Waals surface area contributed by atoms with Crippen molar-refractivity contribution in [2.75, 3.05) is 0 Å². The minimum absolute atomic E-state index is 1.01. The van der Waals surface area contributed by atoms with Crippen LogP contribution >= 0.6 is 22.2 Å². The monoisotopic (exact) mass is 278 g/mol. The molecule has 0 saturated heterocycles. The number of halogens is 2. The van der Waals surface area contributed by atoms with Crippen molar-refractivity contribution in [3.05, 3.63) is 0 Å². The molecule has 0 nitrogen and oxygen atoms in total. The van der Waals surface area contributed by atoms with Crippen molar-refractivity contribution in [1.29, 1.82) is 0 Å². The summed E-state index contributed by atoms with van der Waals surface area (Å²) in [5, 5.41) is 0. The highest BCUT2D eigenvalue weighted by molar-refractivity contribution is 7.44. The van der Waals surface area contributed by atoms with Crippen molar-refractivity contribution in [1.82, 2.24) is 0 Å². The van der Waals surface area contributed by atoms with Crippen molar-refractivity contribution < 1.29 is 0 Å². The quantitative estimate of drug-likeness (QED) is 0.468. The van der Waals surface area contributed by atoms with Gasteiger partial charge in [-0.25, -0.2) is 0 Å². The first-order chi connectivity index (χ1) is 7.56. The topological polar surface area (TPSA) is 0 Å². The molecule has 0 radical (unpaired) electrons. The molecule has 2 saturated carbocycles. The first-order valence-electron chi connectivity index (χ1n) is 6.94. The lowest BCUT2D eigenvalue weighted by Gasteiger charge is -2.29. The first kappa shape index (κ1) is 13.2. The van der Waals surface area contributed by atoms with E-state index >= 15 is 0 Å². The summed E-state index contributed by atoms with van der Waals surface area (Å²) in [6, 6.07) is 1.09. The third-order valence-electron chi connectivity index (χ3n) is 4.67. The molecule has 0 heterocycles. The molecule has 0 aliphatic heterocycles. The van der Waals surface area contributed by atoms with Gasteiger partial charge >= 0.3 is 0 Å². The zero-order chi connectivity index (χ0) is 11.6. The molecule has 3 unspecified atom stereocenters. The van der Waals surface area contributed by atoms with Crippen molar-refractivity contribution in [2.45, 2.75) is 64.0 Å². The molecule has 0 aromatic heterocycles. The van der Waals surface area contributed by atoms with Gasteiger partial charge in [-0.1, -0.05) is 32.1 Å². The van der Waals surface area contributed by atoms with E-state index in [0.29, 0.717) is 0 Å². The summed E-state index contributed by atoms with van der Waals surface area (Å²) >= 11 is 12.3. The summed E-state index contributed by atoms with van der Waals surface area (Å²) in [5.74, 6) is 3.15. The SMILES string of the molecule is C[Si](Cl)(Cl)CCCC1CCC2CCCCC21. The minimum Gasteiger partial charge on any atom is -0.146 e. The largest absolute Gasteiger partial charge is 0.248 e. The predicted molar refractivity (Wildman–Crippen MR) is 75.5 cm³/mol. The van der Waals surface area contributed by atoms with Crippen LogP contribution in [0.1, 0.15) is 51.4 Å². The summed E-state index contributed by atoms with van der Waals surface area (Å²) in [7, 11) is 0. The van der Waals surface area contributed by atoms with Crippen LogP contribution in [0, 0.1) is 17.8 Å². The summed E-state index contributed by atoms with van der Waals surface area (Å²) < 4.78 is 0. The van der Waals surface area contributed by atoms with E-state index in [1.807, 2.05) is 6.55 Å². The lowest BCUT2D eigenvalue weighted by molar-refractivity contribution is 0.220. The fraction of sp³-hybridized carbons (Fsp3) is 1.00. The Bertz CT molecular complexity index is 224. The van der Waals surface area contributed by atoms with Gasteiger partial charge in [0.2, 0.25) is 6.69 Å². The van der Waals surface area contributed by atoms with Gasteiger partial charge in [-0.15, -0.1) is 22.2 Å². The normalized spacial score (nSPS) is 35.1. The summed E-state index contributed by atoms with van der Waals surface area (Å²) in [6.45, 7) is 0.222. The van der Waals surface area contributed by atoms with E-state index in [4.69, 9.17) is 22.2 Å². The molecular formula is C13H24Cl2Si. The van der Waals surface area contributed by atoms with Gasteiger partial charge in [0.15, 0.2) is 0 Å². The van der Waals surface area contributed by atoms with E-state index in [2.05, 4.69) is 0 Å². The average molecular weight is 279 g/mol. The highest BCUT2D eigenvalue weighted by Crippen LogP contribution is 2.47. The summed E-state index contributed by atoms with van der Waals surface area (Å²) in [4.78, 5) is 0. The molecule has 2 aliphatic carbocycles. The van der Waals surface area contributed by atoms with Gasteiger partial charge < -0.3 is 0 Å². The van der Waals surface area contributed by atoms with Gasteiger partial charge in [0.25, 0.3) is 0 Å². The van der Waals surface area contributed by atoms with Crippen LogP contribution in [0.25, 0.3) is 0 Å². The molecule has 2 rings (SSSR count). The Morgan fingerprint density at radius 2 is 1.81 bits per heavy atom. The van der Waals surface area contributed by atoms with E-state index in [1.165, 1.54) is 51.4 Å². The second-order valence-corrected chi connectivity index (χ2v) is 14.2. The average Bonchev–Trinajstić information content (AvgIpc) is 2.60. The Labute approximate surface area is 111 Å². The van der Waals surface area contributed by atoms with Gasteiger partial charge in [0.05, 0.1) is 0 Å². The maximum absolute atomic E-state index is 6.16. The molecular weight excluding hydrogens is 255 g/mol. The Kier molecular flexibility index (Phi) is 4.65. The molecule has 0 spiro atoms. The second kappa shape index (κ2) is 5.62. The Morgan fingerprint density at radius 3 is 2.56 bits per heavy atom. The highest BCUT2D eigenvalue weighted by Gasteiger charge is 2.37. The Balaban J connectivity index is 1.74. The molecule has 2 fully saturated rings. The fourth-order valence-corrected chi connectivity index (χ4v) is 5.52. The van der Waals surface area contributed by atoms with Crippen LogP contribution in [-0.2, 0) is 0 Å². The second-order valence-electron chi connectivity index (χ2n) is 6.01. The maximum atomic E-state index is 6.16. The molecule has 16 heavy (non-hydrogen) atoms. The van der Waals surface area contributed by atoms with Crippen molar-refractivity contribution in [2.24, 2.45) is 17.8 Å². The summed E-state index contributed by atoms with van der Waals surface area (Å²) in [6.07, 6.45) is 11.6. The van der Waals surface area contributed by atoms with E-state index < -0.39 is 6.69 Å². The zero-order valence-corrected chi connectivity index (χ0v) is 12.9. The van der Waals surface area contributed by atoms with Gasteiger partial charge in [0, 0.05) is 0 Å². The van der Waals surface area contributed by atoms with Crippen LogP contribution < -0.4 is 0 Å². The molecule has 3 heteroatoms. The number of rotatable bonds is 4. The third-order valence-corrected chi connectivity index (χ3v) is 7.04. The van der Waals surface area contributed by atoms with Crippen molar-refractivity contribution in [3.8, 4) is 0 Å². The minimum atomic E-state index is -1.83. The lowest BCUT2D eigenvalue weighted by atomic mass is 9.77. The predicted octanol–water partition coefficient (Wildman–Crippen LogP) is 5.53. The zero-order valence-electron chi connectivity index (χ0n) is 10.4. The van der Waals surface area contributed by atoms with Crippen LogP contribution in [-0.4, -0.2) is 6.69 Å².